The van der Waals surface area contributed by atoms with Crippen LogP contribution in [0.4, 0.5) is 14.5 Å². The number of hydrogen-bond donors (Lipinski definition) is 2. The Kier molecular flexibility index (Phi) is 6.66. The van der Waals surface area contributed by atoms with E-state index in [1.807, 2.05) is 12.1 Å². The Balaban J connectivity index is 1.75. The minimum absolute atomic E-state index is 0.0801. The van der Waals surface area contributed by atoms with Gasteiger partial charge in [0.1, 0.15) is 0 Å². The second-order valence-corrected chi connectivity index (χ2v) is 7.40. The molecule has 2 aromatic carbocycles. The minimum atomic E-state index is -1.05. The van der Waals surface area contributed by atoms with Crippen molar-refractivity contribution in [3.8, 4) is 0 Å². The summed E-state index contributed by atoms with van der Waals surface area (Å²) in [5.74, 6) is -2.80. The van der Waals surface area contributed by atoms with Crippen LogP contribution in [0.25, 0.3) is 0 Å². The lowest BCUT2D eigenvalue weighted by Gasteiger charge is -2.19. The van der Waals surface area contributed by atoms with Crippen LogP contribution in [0.1, 0.15) is 38.3 Å². The molecule has 0 bridgehead atoms. The molecule has 0 aliphatic heterocycles. The zero-order chi connectivity index (χ0) is 20.0. The van der Waals surface area contributed by atoms with Crippen LogP contribution in [0.2, 0.25) is 0 Å². The summed E-state index contributed by atoms with van der Waals surface area (Å²) < 4.78 is 25.9. The monoisotopic (exact) mass is 374 g/mol. The Morgan fingerprint density at radius 1 is 0.926 bits per heavy atom. The fraction of sp³-hybridized carbons (Fsp3) is 0.333. The second kappa shape index (κ2) is 8.75. The van der Waals surface area contributed by atoms with Crippen molar-refractivity contribution < 1.29 is 18.4 Å². The van der Waals surface area contributed by atoms with Crippen LogP contribution in [0.3, 0.4) is 0 Å². The molecular weight excluding hydrogens is 350 g/mol. The van der Waals surface area contributed by atoms with Crippen molar-refractivity contribution in [2.45, 2.75) is 39.0 Å². The molecular formula is C21H24F2N2O2. The van der Waals surface area contributed by atoms with E-state index in [1.54, 1.807) is 0 Å². The van der Waals surface area contributed by atoms with E-state index in [4.69, 9.17) is 0 Å². The maximum absolute atomic E-state index is 13.1. The quantitative estimate of drug-likeness (QED) is 0.804. The third-order valence-corrected chi connectivity index (χ3v) is 4.11. The van der Waals surface area contributed by atoms with Crippen molar-refractivity contribution in [2.75, 3.05) is 11.9 Å². The predicted molar refractivity (Wildman–Crippen MR) is 101 cm³/mol. The first-order valence-electron chi connectivity index (χ1n) is 8.76. The number of aryl methyl sites for hydroxylation is 1. The van der Waals surface area contributed by atoms with Crippen LogP contribution in [-0.4, -0.2) is 18.4 Å². The zero-order valence-electron chi connectivity index (χ0n) is 15.7. The van der Waals surface area contributed by atoms with Gasteiger partial charge in [-0.1, -0.05) is 45.0 Å². The minimum Gasteiger partial charge on any atom is -0.347 e. The first-order chi connectivity index (χ1) is 12.6. The molecule has 0 saturated heterocycles. The molecule has 0 spiro atoms. The number of rotatable bonds is 6. The van der Waals surface area contributed by atoms with Crippen molar-refractivity contribution in [3.05, 3.63) is 65.2 Å². The third-order valence-electron chi connectivity index (χ3n) is 4.11. The molecule has 4 nitrogen and oxygen atoms in total. The van der Waals surface area contributed by atoms with E-state index in [2.05, 4.69) is 43.5 Å². The highest BCUT2D eigenvalue weighted by molar-refractivity contribution is 5.94. The molecule has 2 rings (SSSR count). The molecule has 0 fully saturated rings. The number of halogens is 2. The van der Waals surface area contributed by atoms with Crippen LogP contribution in [0.5, 0.6) is 0 Å². The number of amides is 2. The fourth-order valence-corrected chi connectivity index (χ4v) is 2.48. The van der Waals surface area contributed by atoms with Gasteiger partial charge in [-0.2, -0.15) is 0 Å². The molecule has 0 aromatic heterocycles. The molecule has 2 aromatic rings. The molecule has 0 saturated carbocycles. The van der Waals surface area contributed by atoms with E-state index in [0.29, 0.717) is 6.42 Å². The lowest BCUT2D eigenvalue weighted by molar-refractivity contribution is -0.124. The van der Waals surface area contributed by atoms with Crippen LogP contribution in [0, 0.1) is 11.6 Å². The summed E-state index contributed by atoms with van der Waals surface area (Å²) in [6.07, 6.45) is 0.828. The molecule has 2 N–H and O–H groups in total. The third kappa shape index (κ3) is 6.47. The highest BCUT2D eigenvalue weighted by atomic mass is 19.2. The summed E-state index contributed by atoms with van der Waals surface area (Å²) in [4.78, 5) is 23.7. The van der Waals surface area contributed by atoms with E-state index in [1.165, 1.54) is 11.6 Å². The van der Waals surface area contributed by atoms with Gasteiger partial charge in [-0.25, -0.2) is 8.78 Å². The van der Waals surface area contributed by atoms with Crippen molar-refractivity contribution in [1.82, 2.24) is 5.32 Å². The SMILES string of the molecule is CC(C)(C)c1ccc(CCC(=O)NCC(=O)Nc2ccc(F)c(F)c2)cc1. The molecule has 0 aliphatic rings. The molecule has 0 heterocycles. The summed E-state index contributed by atoms with van der Waals surface area (Å²) in [6, 6.07) is 11.2. The lowest BCUT2D eigenvalue weighted by atomic mass is 9.86. The number of carbonyl (C=O) groups is 2. The molecule has 0 radical (unpaired) electrons. The van der Waals surface area contributed by atoms with Crippen molar-refractivity contribution in [1.29, 1.82) is 0 Å². The molecule has 6 heteroatoms. The zero-order valence-corrected chi connectivity index (χ0v) is 15.7. The number of carbonyl (C=O) groups excluding carboxylic acids is 2. The fourth-order valence-electron chi connectivity index (χ4n) is 2.48. The highest BCUT2D eigenvalue weighted by Gasteiger charge is 2.13. The Morgan fingerprint density at radius 3 is 2.19 bits per heavy atom. The van der Waals surface area contributed by atoms with E-state index in [0.717, 1.165) is 17.7 Å². The summed E-state index contributed by atoms with van der Waals surface area (Å²) >= 11 is 0. The van der Waals surface area contributed by atoms with Gasteiger partial charge in [0.2, 0.25) is 11.8 Å². The summed E-state index contributed by atoms with van der Waals surface area (Å²) in [5, 5.41) is 4.91. The number of nitrogens with one attached hydrogen (secondary N) is 2. The van der Waals surface area contributed by atoms with Crippen molar-refractivity contribution in [2.24, 2.45) is 0 Å². The van der Waals surface area contributed by atoms with Gasteiger partial charge in [0, 0.05) is 18.2 Å². The van der Waals surface area contributed by atoms with Gasteiger partial charge < -0.3 is 10.6 Å². The Morgan fingerprint density at radius 2 is 1.59 bits per heavy atom. The van der Waals surface area contributed by atoms with Crippen LogP contribution in [-0.2, 0) is 21.4 Å². The first-order valence-corrected chi connectivity index (χ1v) is 8.76. The van der Waals surface area contributed by atoms with Gasteiger partial charge >= 0.3 is 0 Å². The predicted octanol–water partition coefficient (Wildman–Crippen LogP) is 3.95. The van der Waals surface area contributed by atoms with Crippen LogP contribution in [0.15, 0.2) is 42.5 Å². The van der Waals surface area contributed by atoms with Gasteiger partial charge in [0.05, 0.1) is 6.54 Å². The van der Waals surface area contributed by atoms with E-state index >= 15 is 0 Å². The van der Waals surface area contributed by atoms with Gasteiger partial charge in [-0.15, -0.1) is 0 Å². The van der Waals surface area contributed by atoms with Gasteiger partial charge in [-0.3, -0.25) is 9.59 Å². The maximum Gasteiger partial charge on any atom is 0.243 e. The molecule has 0 aliphatic carbocycles. The normalized spacial score (nSPS) is 11.1. The van der Waals surface area contributed by atoms with Crippen molar-refractivity contribution >= 4 is 17.5 Å². The highest BCUT2D eigenvalue weighted by Crippen LogP contribution is 2.22. The molecule has 0 atom stereocenters. The van der Waals surface area contributed by atoms with Gasteiger partial charge in [0.15, 0.2) is 11.6 Å². The standard InChI is InChI=1S/C21H24F2N2O2/c1-21(2,3)15-7-4-14(5-8-15)6-11-19(26)24-13-20(27)25-16-9-10-17(22)18(23)12-16/h4-5,7-10,12H,6,11,13H2,1-3H3,(H,24,26)(H,25,27). The second-order valence-electron chi connectivity index (χ2n) is 7.40. The van der Waals surface area contributed by atoms with E-state index in [9.17, 15) is 18.4 Å². The topological polar surface area (TPSA) is 58.2 Å². The van der Waals surface area contributed by atoms with E-state index in [-0.39, 0.29) is 30.0 Å². The largest absolute Gasteiger partial charge is 0.347 e. The summed E-state index contributed by atoms with van der Waals surface area (Å²) in [5.41, 5.74) is 2.48. The van der Waals surface area contributed by atoms with Crippen LogP contribution < -0.4 is 10.6 Å². The average molecular weight is 374 g/mol. The van der Waals surface area contributed by atoms with E-state index < -0.39 is 17.5 Å². The molecule has 27 heavy (non-hydrogen) atoms. The molecule has 0 unspecified atom stereocenters. The average Bonchev–Trinajstić information content (AvgIpc) is 2.61. The molecule has 2 amide bonds. The van der Waals surface area contributed by atoms with Gasteiger partial charge in [0.25, 0.3) is 0 Å². The smallest absolute Gasteiger partial charge is 0.243 e. The van der Waals surface area contributed by atoms with Crippen LogP contribution >= 0.6 is 0 Å². The number of anilines is 1. The Labute approximate surface area is 158 Å². The number of hydrogen-bond acceptors (Lipinski definition) is 2. The Bertz CT molecular complexity index is 812. The lowest BCUT2D eigenvalue weighted by Crippen LogP contribution is -2.33. The summed E-state index contributed by atoms with van der Waals surface area (Å²) in [6.45, 7) is 6.18. The molecule has 144 valence electrons. The number of benzene rings is 2. The summed E-state index contributed by atoms with van der Waals surface area (Å²) in [7, 11) is 0. The maximum atomic E-state index is 13.1. The first kappa shape index (κ1) is 20.6. The Hall–Kier alpha value is -2.76. The van der Waals surface area contributed by atoms with Gasteiger partial charge in [-0.05, 0) is 35.1 Å². The van der Waals surface area contributed by atoms with Crippen molar-refractivity contribution in [3.63, 3.8) is 0 Å².